The van der Waals surface area contributed by atoms with Crippen molar-refractivity contribution in [2.75, 3.05) is 18.6 Å². The summed E-state index contributed by atoms with van der Waals surface area (Å²) in [6.45, 7) is 7.94. The largest absolute Gasteiger partial charge is 0.395 e. The zero-order valence-electron chi connectivity index (χ0n) is 12.5. The fraction of sp³-hybridized carbons (Fsp3) is 0.769. The number of nitrogens with zero attached hydrogens (tertiary/aromatic N) is 3. The number of nitrogens with two attached hydrogens (primary N) is 1. The Bertz CT molecular complexity index is 387. The number of aliphatic hydroxyl groups is 1. The molecule has 6 nitrogen and oxygen atoms in total. The first-order valence-electron chi connectivity index (χ1n) is 6.92. The van der Waals surface area contributed by atoms with Crippen molar-refractivity contribution in [1.29, 1.82) is 0 Å². The third kappa shape index (κ3) is 3.68. The zero-order valence-corrected chi connectivity index (χ0v) is 12.5. The number of nitrogens with one attached hydrogen (secondary N) is 1. The van der Waals surface area contributed by atoms with E-state index in [2.05, 4.69) is 29.3 Å². The summed E-state index contributed by atoms with van der Waals surface area (Å²) < 4.78 is 1.76. The third-order valence-corrected chi connectivity index (χ3v) is 3.69. The minimum absolute atomic E-state index is 0.168. The van der Waals surface area contributed by atoms with Gasteiger partial charge < -0.3 is 10.5 Å². The Hall–Kier alpha value is -1.11. The van der Waals surface area contributed by atoms with Gasteiger partial charge >= 0.3 is 0 Å². The Balaban J connectivity index is 2.95. The average molecular weight is 269 g/mol. The number of hydrogen-bond acceptors (Lipinski definition) is 5. The highest BCUT2D eigenvalue weighted by atomic mass is 16.3. The van der Waals surface area contributed by atoms with Crippen molar-refractivity contribution in [3.05, 3.63) is 11.3 Å². The van der Waals surface area contributed by atoms with E-state index in [-0.39, 0.29) is 6.61 Å². The summed E-state index contributed by atoms with van der Waals surface area (Å²) in [5.74, 6) is 6.42. The van der Waals surface area contributed by atoms with E-state index in [0.717, 1.165) is 36.5 Å². The monoisotopic (exact) mass is 269 g/mol. The predicted octanol–water partition coefficient (Wildman–Crippen LogP) is 0.997. The summed E-state index contributed by atoms with van der Waals surface area (Å²) >= 11 is 0. The average Bonchev–Trinajstić information content (AvgIpc) is 2.65. The summed E-state index contributed by atoms with van der Waals surface area (Å²) in [4.78, 5) is 2.30. The first-order valence-corrected chi connectivity index (χ1v) is 6.92. The molecule has 0 aliphatic carbocycles. The molecule has 0 atom stereocenters. The van der Waals surface area contributed by atoms with Crippen LogP contribution in [0.1, 0.15) is 37.9 Å². The second-order valence-electron chi connectivity index (χ2n) is 4.84. The van der Waals surface area contributed by atoms with Gasteiger partial charge in [0, 0.05) is 31.7 Å². The van der Waals surface area contributed by atoms with E-state index < -0.39 is 0 Å². The van der Waals surface area contributed by atoms with Crippen molar-refractivity contribution >= 4 is 5.82 Å². The third-order valence-electron chi connectivity index (χ3n) is 3.69. The molecule has 0 spiro atoms. The molecular formula is C13H27N5O. The lowest BCUT2D eigenvalue weighted by Gasteiger charge is -2.30. The van der Waals surface area contributed by atoms with E-state index in [4.69, 9.17) is 5.84 Å². The molecule has 4 N–H and O–H groups in total. The molecule has 0 fully saturated rings. The minimum Gasteiger partial charge on any atom is -0.395 e. The van der Waals surface area contributed by atoms with E-state index in [1.807, 2.05) is 14.0 Å². The molecule has 110 valence electrons. The number of hydrazine groups is 1. The number of nitrogen functional groups attached to an aromatic ring is 1. The van der Waals surface area contributed by atoms with E-state index in [0.29, 0.717) is 12.6 Å². The number of anilines is 1. The lowest BCUT2D eigenvalue weighted by Crippen LogP contribution is -2.36. The van der Waals surface area contributed by atoms with Gasteiger partial charge in [0.25, 0.3) is 0 Å². The first kappa shape index (κ1) is 15.9. The van der Waals surface area contributed by atoms with Gasteiger partial charge in [-0.05, 0) is 19.8 Å². The number of aromatic nitrogens is 2. The number of hydrogen-bond donors (Lipinski definition) is 3. The van der Waals surface area contributed by atoms with Gasteiger partial charge in [-0.3, -0.25) is 9.58 Å². The normalized spacial score (nSPS) is 11.6. The second kappa shape index (κ2) is 7.47. The summed E-state index contributed by atoms with van der Waals surface area (Å²) in [5.41, 5.74) is 4.80. The molecule has 0 radical (unpaired) electrons. The Morgan fingerprint density at radius 3 is 2.53 bits per heavy atom. The molecule has 0 saturated carbocycles. The SMILES string of the molecule is CCC(CC)N(CCO)Cc1c(C)nn(C)c1NN. The van der Waals surface area contributed by atoms with Gasteiger partial charge in [-0.1, -0.05) is 13.8 Å². The van der Waals surface area contributed by atoms with Crippen molar-refractivity contribution in [2.45, 2.75) is 46.2 Å². The molecule has 0 unspecified atom stereocenters. The van der Waals surface area contributed by atoms with Crippen LogP contribution in [0.2, 0.25) is 0 Å². The number of aliphatic hydroxyl groups excluding tert-OH is 1. The Labute approximate surface area is 115 Å². The van der Waals surface area contributed by atoms with Crippen LogP contribution >= 0.6 is 0 Å². The molecule has 1 aromatic rings. The summed E-state index contributed by atoms with van der Waals surface area (Å²) in [7, 11) is 1.87. The molecule has 0 aromatic carbocycles. The van der Waals surface area contributed by atoms with Crippen LogP contribution in [-0.2, 0) is 13.6 Å². The molecule has 0 aliphatic heterocycles. The minimum atomic E-state index is 0.168. The Morgan fingerprint density at radius 1 is 1.42 bits per heavy atom. The van der Waals surface area contributed by atoms with E-state index in [1.54, 1.807) is 4.68 Å². The summed E-state index contributed by atoms with van der Waals surface area (Å²) in [6.07, 6.45) is 2.14. The van der Waals surface area contributed by atoms with Crippen LogP contribution in [0.15, 0.2) is 0 Å². The molecule has 1 aromatic heterocycles. The highest BCUT2D eigenvalue weighted by Crippen LogP contribution is 2.22. The van der Waals surface area contributed by atoms with Gasteiger partial charge in [0.2, 0.25) is 0 Å². The van der Waals surface area contributed by atoms with Crippen LogP contribution in [-0.4, -0.2) is 39.0 Å². The number of rotatable bonds is 8. The lowest BCUT2D eigenvalue weighted by molar-refractivity contribution is 0.136. The second-order valence-corrected chi connectivity index (χ2v) is 4.84. The fourth-order valence-electron chi connectivity index (χ4n) is 2.60. The van der Waals surface area contributed by atoms with Crippen LogP contribution in [0, 0.1) is 6.92 Å². The highest BCUT2D eigenvalue weighted by molar-refractivity contribution is 5.46. The highest BCUT2D eigenvalue weighted by Gasteiger charge is 2.20. The van der Waals surface area contributed by atoms with Crippen molar-refractivity contribution < 1.29 is 5.11 Å². The van der Waals surface area contributed by atoms with Crippen molar-refractivity contribution in [1.82, 2.24) is 14.7 Å². The molecule has 1 heterocycles. The van der Waals surface area contributed by atoms with Gasteiger partial charge in [-0.25, -0.2) is 5.84 Å². The smallest absolute Gasteiger partial charge is 0.142 e. The molecule has 19 heavy (non-hydrogen) atoms. The topological polar surface area (TPSA) is 79.3 Å². The van der Waals surface area contributed by atoms with Crippen LogP contribution in [0.5, 0.6) is 0 Å². The van der Waals surface area contributed by atoms with Gasteiger partial charge in [0.15, 0.2) is 0 Å². The molecular weight excluding hydrogens is 242 g/mol. The molecule has 1 rings (SSSR count). The fourth-order valence-corrected chi connectivity index (χ4v) is 2.60. The zero-order chi connectivity index (χ0) is 14.4. The quantitative estimate of drug-likeness (QED) is 0.484. The summed E-state index contributed by atoms with van der Waals surface area (Å²) in [6, 6.07) is 0.470. The number of aryl methyl sites for hydroxylation is 2. The van der Waals surface area contributed by atoms with E-state index >= 15 is 0 Å². The van der Waals surface area contributed by atoms with Crippen molar-refractivity contribution in [3.8, 4) is 0 Å². The first-order chi connectivity index (χ1) is 9.08. The molecule has 0 saturated heterocycles. The van der Waals surface area contributed by atoms with Crippen molar-refractivity contribution in [3.63, 3.8) is 0 Å². The Kier molecular flexibility index (Phi) is 6.27. The van der Waals surface area contributed by atoms with Crippen LogP contribution in [0.25, 0.3) is 0 Å². The summed E-state index contributed by atoms with van der Waals surface area (Å²) in [5, 5.41) is 13.6. The molecule has 6 heteroatoms. The van der Waals surface area contributed by atoms with Crippen LogP contribution < -0.4 is 11.3 Å². The van der Waals surface area contributed by atoms with Gasteiger partial charge in [-0.15, -0.1) is 0 Å². The lowest BCUT2D eigenvalue weighted by atomic mass is 10.1. The maximum atomic E-state index is 9.25. The van der Waals surface area contributed by atoms with Crippen molar-refractivity contribution in [2.24, 2.45) is 12.9 Å². The van der Waals surface area contributed by atoms with E-state index in [9.17, 15) is 5.11 Å². The molecule has 0 bridgehead atoms. The Morgan fingerprint density at radius 2 is 2.05 bits per heavy atom. The van der Waals surface area contributed by atoms with Gasteiger partial charge in [-0.2, -0.15) is 5.10 Å². The van der Waals surface area contributed by atoms with Crippen LogP contribution in [0.4, 0.5) is 5.82 Å². The van der Waals surface area contributed by atoms with Gasteiger partial charge in [0.1, 0.15) is 5.82 Å². The van der Waals surface area contributed by atoms with Crippen LogP contribution in [0.3, 0.4) is 0 Å². The molecule has 0 amide bonds. The van der Waals surface area contributed by atoms with Gasteiger partial charge in [0.05, 0.1) is 12.3 Å². The molecule has 0 aliphatic rings. The van der Waals surface area contributed by atoms with E-state index in [1.165, 1.54) is 0 Å². The predicted molar refractivity (Wildman–Crippen MR) is 77.6 cm³/mol. The maximum absolute atomic E-state index is 9.25. The standard InChI is InChI=1S/C13H27N5O/c1-5-11(6-2)18(7-8-19)9-12-10(3)16-17(4)13(12)15-14/h11,15,19H,5-9,14H2,1-4H3. The maximum Gasteiger partial charge on any atom is 0.142 e.